The predicted octanol–water partition coefficient (Wildman–Crippen LogP) is 4.49. The number of amides is 2. The van der Waals surface area contributed by atoms with Crippen molar-refractivity contribution in [1.82, 2.24) is 5.32 Å². The van der Waals surface area contributed by atoms with Gasteiger partial charge in [-0.05, 0) is 49.2 Å². The third-order valence-corrected chi connectivity index (χ3v) is 4.00. The second kappa shape index (κ2) is 9.90. The topological polar surface area (TPSA) is 68.8 Å². The van der Waals surface area contributed by atoms with Crippen molar-refractivity contribution in [3.8, 4) is 17.2 Å². The second-order valence-electron chi connectivity index (χ2n) is 5.96. The van der Waals surface area contributed by atoms with Gasteiger partial charge in [0.2, 0.25) is 0 Å². The van der Waals surface area contributed by atoms with Crippen LogP contribution in [0.3, 0.4) is 0 Å². The number of rotatable bonds is 8. The Bertz CT molecular complexity index is 841. The molecule has 2 aromatic rings. The first-order valence-corrected chi connectivity index (χ1v) is 8.88. The number of hydrogen-bond donors (Lipinski definition) is 2. The van der Waals surface area contributed by atoms with Gasteiger partial charge in [0.05, 0.1) is 32.1 Å². The van der Waals surface area contributed by atoms with E-state index in [0.717, 1.165) is 11.6 Å². The van der Waals surface area contributed by atoms with Crippen LogP contribution in [-0.2, 0) is 12.6 Å². The molecule has 2 N–H and O–H groups in total. The summed E-state index contributed by atoms with van der Waals surface area (Å²) in [6, 6.07) is 7.99. The zero-order valence-corrected chi connectivity index (χ0v) is 16.4. The first-order valence-electron chi connectivity index (χ1n) is 8.88. The molecule has 9 heteroatoms. The van der Waals surface area contributed by atoms with Crippen molar-refractivity contribution in [1.29, 1.82) is 0 Å². The molecule has 2 aromatic carbocycles. The first-order chi connectivity index (χ1) is 13.8. The molecule has 2 amide bonds. The number of ether oxygens (including phenoxy) is 3. The number of methoxy groups -OCH3 is 2. The molecule has 6 nitrogen and oxygen atoms in total. The molecule has 0 fully saturated rings. The molecular formula is C20H23F3N2O4. The summed E-state index contributed by atoms with van der Waals surface area (Å²) in [6.07, 6.45) is -4.17. The van der Waals surface area contributed by atoms with Crippen LogP contribution in [0.5, 0.6) is 17.2 Å². The Balaban J connectivity index is 1.99. The fourth-order valence-electron chi connectivity index (χ4n) is 2.65. The minimum absolute atomic E-state index is 0.0826. The molecule has 0 saturated heterocycles. The molecule has 0 aliphatic heterocycles. The zero-order chi connectivity index (χ0) is 21.4. The van der Waals surface area contributed by atoms with Crippen molar-refractivity contribution in [3.05, 3.63) is 47.5 Å². The van der Waals surface area contributed by atoms with Crippen LogP contribution < -0.4 is 24.8 Å². The average Bonchev–Trinajstić information content (AvgIpc) is 2.68. The van der Waals surface area contributed by atoms with Crippen molar-refractivity contribution in [2.45, 2.75) is 19.5 Å². The number of benzene rings is 2. The van der Waals surface area contributed by atoms with Crippen molar-refractivity contribution < 1.29 is 32.2 Å². The highest BCUT2D eigenvalue weighted by molar-refractivity contribution is 5.90. The number of urea groups is 1. The van der Waals surface area contributed by atoms with Crippen LogP contribution in [-0.4, -0.2) is 33.4 Å². The monoisotopic (exact) mass is 412 g/mol. The van der Waals surface area contributed by atoms with Gasteiger partial charge in [0.1, 0.15) is 5.75 Å². The summed E-state index contributed by atoms with van der Waals surface area (Å²) < 4.78 is 55.3. The molecular weight excluding hydrogens is 389 g/mol. The quantitative estimate of drug-likeness (QED) is 0.671. The lowest BCUT2D eigenvalue weighted by Gasteiger charge is -2.16. The van der Waals surface area contributed by atoms with Crippen LogP contribution in [0.4, 0.5) is 23.7 Å². The van der Waals surface area contributed by atoms with E-state index in [4.69, 9.17) is 14.2 Å². The highest BCUT2D eigenvalue weighted by atomic mass is 19.4. The van der Waals surface area contributed by atoms with Crippen LogP contribution in [0.2, 0.25) is 0 Å². The summed E-state index contributed by atoms with van der Waals surface area (Å²) in [5.41, 5.74) is -0.442. The third-order valence-electron chi connectivity index (χ3n) is 4.00. The Morgan fingerprint density at radius 3 is 2.38 bits per heavy atom. The maximum atomic E-state index is 13.3. The minimum atomic E-state index is -4.63. The van der Waals surface area contributed by atoms with Crippen LogP contribution in [0.1, 0.15) is 18.1 Å². The summed E-state index contributed by atoms with van der Waals surface area (Å²) >= 11 is 0. The normalized spacial score (nSPS) is 11.0. The van der Waals surface area contributed by atoms with E-state index in [2.05, 4.69) is 10.6 Å². The fourth-order valence-corrected chi connectivity index (χ4v) is 2.65. The van der Waals surface area contributed by atoms with E-state index in [1.165, 1.54) is 26.4 Å². The highest BCUT2D eigenvalue weighted by Gasteiger charge is 2.34. The Kier molecular flexibility index (Phi) is 7.58. The molecule has 29 heavy (non-hydrogen) atoms. The largest absolute Gasteiger partial charge is 0.494 e. The molecule has 0 aliphatic carbocycles. The van der Waals surface area contributed by atoms with Crippen LogP contribution in [0, 0.1) is 0 Å². The molecule has 0 atom stereocenters. The molecule has 0 saturated carbocycles. The van der Waals surface area contributed by atoms with Crippen molar-refractivity contribution in [3.63, 3.8) is 0 Å². The Hall–Kier alpha value is -3.10. The van der Waals surface area contributed by atoms with E-state index < -0.39 is 17.8 Å². The summed E-state index contributed by atoms with van der Waals surface area (Å²) in [6.45, 7) is 2.13. The van der Waals surface area contributed by atoms with Gasteiger partial charge in [-0.2, -0.15) is 13.2 Å². The Labute approximate surface area is 167 Å². The van der Waals surface area contributed by atoms with Gasteiger partial charge in [-0.25, -0.2) is 4.79 Å². The summed E-state index contributed by atoms with van der Waals surface area (Å²) in [4.78, 5) is 12.1. The Morgan fingerprint density at radius 1 is 1.03 bits per heavy atom. The lowest BCUT2D eigenvalue weighted by Crippen LogP contribution is -2.31. The zero-order valence-electron chi connectivity index (χ0n) is 16.4. The van der Waals surface area contributed by atoms with Gasteiger partial charge in [-0.3, -0.25) is 0 Å². The number of carbonyl (C=O) groups is 1. The number of carbonyl (C=O) groups excluding carboxylic acids is 1. The molecule has 0 unspecified atom stereocenters. The van der Waals surface area contributed by atoms with Gasteiger partial charge in [-0.1, -0.05) is 6.07 Å². The Morgan fingerprint density at radius 2 is 1.76 bits per heavy atom. The SMILES string of the molecule is CCOc1ccc(NC(=O)NCCc2ccc(OC)c(OC)c2)c(C(F)(F)F)c1. The first kappa shape index (κ1) is 22.2. The summed E-state index contributed by atoms with van der Waals surface area (Å²) in [5, 5.41) is 4.79. The maximum absolute atomic E-state index is 13.3. The van der Waals surface area contributed by atoms with E-state index in [0.29, 0.717) is 17.9 Å². The van der Waals surface area contributed by atoms with Crippen molar-refractivity contribution in [2.75, 3.05) is 32.7 Å². The minimum Gasteiger partial charge on any atom is -0.494 e. The molecule has 158 valence electrons. The fraction of sp³-hybridized carbons (Fsp3) is 0.350. The van der Waals surface area contributed by atoms with Gasteiger partial charge < -0.3 is 24.8 Å². The van der Waals surface area contributed by atoms with Crippen molar-refractivity contribution in [2.24, 2.45) is 0 Å². The van der Waals surface area contributed by atoms with Gasteiger partial charge >= 0.3 is 12.2 Å². The maximum Gasteiger partial charge on any atom is 0.418 e. The second-order valence-corrected chi connectivity index (χ2v) is 5.96. The number of halogens is 3. The number of nitrogens with one attached hydrogen (secondary N) is 2. The molecule has 0 aliphatic rings. The van der Waals surface area contributed by atoms with Crippen LogP contribution in [0.15, 0.2) is 36.4 Å². The molecule has 0 heterocycles. The highest BCUT2D eigenvalue weighted by Crippen LogP contribution is 2.37. The summed E-state index contributed by atoms with van der Waals surface area (Å²) in [7, 11) is 3.04. The van der Waals surface area contributed by atoms with E-state index in [1.54, 1.807) is 19.1 Å². The van der Waals surface area contributed by atoms with Gasteiger partial charge in [0.25, 0.3) is 0 Å². The van der Waals surface area contributed by atoms with Gasteiger partial charge in [0, 0.05) is 6.54 Å². The number of hydrogen-bond acceptors (Lipinski definition) is 4. The lowest BCUT2D eigenvalue weighted by molar-refractivity contribution is -0.137. The van der Waals surface area contributed by atoms with Gasteiger partial charge in [0.15, 0.2) is 11.5 Å². The smallest absolute Gasteiger partial charge is 0.418 e. The molecule has 0 spiro atoms. The van der Waals surface area contributed by atoms with Crippen LogP contribution in [0.25, 0.3) is 0 Å². The number of anilines is 1. The molecule has 0 bridgehead atoms. The van der Waals surface area contributed by atoms with Crippen LogP contribution >= 0.6 is 0 Å². The molecule has 2 rings (SSSR count). The lowest BCUT2D eigenvalue weighted by atomic mass is 10.1. The standard InChI is InChI=1S/C20H23F3N2O4/c1-4-29-14-6-7-16(15(12-14)20(21,22)23)25-19(26)24-10-9-13-5-8-17(27-2)18(11-13)28-3/h5-8,11-12H,4,9-10H2,1-3H3,(H2,24,25,26). The molecule has 0 aromatic heterocycles. The summed E-state index contributed by atoms with van der Waals surface area (Å²) in [5.74, 6) is 1.22. The predicted molar refractivity (Wildman–Crippen MR) is 103 cm³/mol. The number of alkyl halides is 3. The van der Waals surface area contributed by atoms with E-state index >= 15 is 0 Å². The third kappa shape index (κ3) is 6.20. The van der Waals surface area contributed by atoms with E-state index in [9.17, 15) is 18.0 Å². The van der Waals surface area contributed by atoms with Gasteiger partial charge in [-0.15, -0.1) is 0 Å². The van der Waals surface area contributed by atoms with E-state index in [1.807, 2.05) is 6.07 Å². The van der Waals surface area contributed by atoms with E-state index in [-0.39, 0.29) is 24.6 Å². The average molecular weight is 412 g/mol. The molecule has 0 radical (unpaired) electrons. The van der Waals surface area contributed by atoms with Crippen molar-refractivity contribution >= 4 is 11.7 Å².